The van der Waals surface area contributed by atoms with Crippen LogP contribution in [0.3, 0.4) is 0 Å². The van der Waals surface area contributed by atoms with E-state index in [9.17, 15) is 4.79 Å². The van der Waals surface area contributed by atoms with Crippen LogP contribution in [0, 0.1) is 11.8 Å². The Kier molecular flexibility index (Phi) is 4.80. The van der Waals surface area contributed by atoms with Gasteiger partial charge < -0.3 is 0 Å². The van der Waals surface area contributed by atoms with Crippen LogP contribution in [0.5, 0.6) is 0 Å². The molecule has 0 radical (unpaired) electrons. The van der Waals surface area contributed by atoms with Crippen LogP contribution in [0.2, 0.25) is 0 Å². The van der Waals surface area contributed by atoms with Gasteiger partial charge in [-0.25, -0.2) is 0 Å². The third kappa shape index (κ3) is 3.65. The minimum atomic E-state index is 0.331. The zero-order valence-electron chi connectivity index (χ0n) is 9.96. The monoisotopic (exact) mass is 206 g/mol. The smallest absolute Gasteiger partial charge is 0.158 e. The van der Waals surface area contributed by atoms with Crippen LogP contribution < -0.4 is 0 Å². The molecule has 0 aromatic heterocycles. The molecule has 15 heavy (non-hydrogen) atoms. The van der Waals surface area contributed by atoms with E-state index in [0.29, 0.717) is 12.2 Å². The van der Waals surface area contributed by atoms with Crippen molar-refractivity contribution in [3.63, 3.8) is 0 Å². The summed E-state index contributed by atoms with van der Waals surface area (Å²) >= 11 is 0. The fraction of sp³-hybridized carbons (Fsp3) is 0.643. The minimum absolute atomic E-state index is 0.331. The Morgan fingerprint density at radius 1 is 1.67 bits per heavy atom. The summed E-state index contributed by atoms with van der Waals surface area (Å²) in [6, 6.07) is 0. The van der Waals surface area contributed by atoms with E-state index in [1.165, 1.54) is 6.42 Å². The van der Waals surface area contributed by atoms with Gasteiger partial charge in [0.25, 0.3) is 0 Å². The fourth-order valence-electron chi connectivity index (χ4n) is 2.11. The van der Waals surface area contributed by atoms with Gasteiger partial charge >= 0.3 is 0 Å². The molecule has 1 rings (SSSR count). The van der Waals surface area contributed by atoms with E-state index in [4.69, 9.17) is 0 Å². The Hall–Kier alpha value is -0.850. The molecule has 1 aliphatic carbocycles. The Morgan fingerprint density at radius 3 is 2.87 bits per heavy atom. The number of ketones is 1. The van der Waals surface area contributed by atoms with Crippen molar-refractivity contribution in [3.05, 3.63) is 24.3 Å². The van der Waals surface area contributed by atoms with E-state index in [0.717, 1.165) is 36.7 Å². The lowest BCUT2D eigenvalue weighted by atomic mass is 9.81. The topological polar surface area (TPSA) is 17.1 Å². The third-order valence-electron chi connectivity index (χ3n) is 3.33. The van der Waals surface area contributed by atoms with Crippen molar-refractivity contribution in [1.29, 1.82) is 0 Å². The minimum Gasteiger partial charge on any atom is -0.295 e. The van der Waals surface area contributed by atoms with Gasteiger partial charge in [-0.05, 0) is 43.1 Å². The van der Waals surface area contributed by atoms with E-state index in [2.05, 4.69) is 26.5 Å². The predicted molar refractivity (Wildman–Crippen MR) is 64.7 cm³/mol. The average Bonchev–Trinajstić information content (AvgIpc) is 2.26. The molecule has 1 aliphatic rings. The number of carbonyl (C=O) groups excluding carboxylic acids is 1. The molecule has 0 fully saturated rings. The van der Waals surface area contributed by atoms with Crippen LogP contribution in [-0.2, 0) is 4.79 Å². The molecule has 84 valence electrons. The van der Waals surface area contributed by atoms with Crippen molar-refractivity contribution in [3.8, 4) is 0 Å². The summed E-state index contributed by atoms with van der Waals surface area (Å²) in [4.78, 5) is 11.7. The maximum atomic E-state index is 11.7. The number of hydrogen-bond donors (Lipinski definition) is 0. The van der Waals surface area contributed by atoms with Gasteiger partial charge in [-0.1, -0.05) is 26.0 Å². The first-order valence-electron chi connectivity index (χ1n) is 5.98. The maximum absolute atomic E-state index is 11.7. The van der Waals surface area contributed by atoms with Gasteiger partial charge in [0.15, 0.2) is 5.78 Å². The summed E-state index contributed by atoms with van der Waals surface area (Å²) in [5, 5.41) is 0. The molecule has 0 aliphatic heterocycles. The summed E-state index contributed by atoms with van der Waals surface area (Å²) < 4.78 is 0. The van der Waals surface area contributed by atoms with Crippen LogP contribution in [0.15, 0.2) is 24.3 Å². The second-order valence-electron chi connectivity index (χ2n) is 4.76. The highest BCUT2D eigenvalue weighted by Gasteiger charge is 2.20. The first-order chi connectivity index (χ1) is 7.15. The first kappa shape index (κ1) is 12.2. The highest BCUT2D eigenvalue weighted by Crippen LogP contribution is 2.29. The molecule has 1 heteroatoms. The van der Waals surface area contributed by atoms with E-state index < -0.39 is 0 Å². The molecule has 0 N–H and O–H groups in total. The molecule has 0 aromatic carbocycles. The number of rotatable bonds is 5. The predicted octanol–water partition coefficient (Wildman–Crippen LogP) is 3.90. The highest BCUT2D eigenvalue weighted by molar-refractivity contribution is 5.95. The third-order valence-corrected chi connectivity index (χ3v) is 3.33. The summed E-state index contributed by atoms with van der Waals surface area (Å²) in [5.41, 5.74) is 1.06. The van der Waals surface area contributed by atoms with Gasteiger partial charge in [0.2, 0.25) is 0 Å². The fourth-order valence-corrected chi connectivity index (χ4v) is 2.11. The van der Waals surface area contributed by atoms with Gasteiger partial charge in [0.1, 0.15) is 0 Å². The molecule has 0 saturated carbocycles. The number of carbonyl (C=O) groups is 1. The Morgan fingerprint density at radius 2 is 2.40 bits per heavy atom. The normalized spacial score (nSPS) is 21.3. The molecular weight excluding hydrogens is 184 g/mol. The number of hydrogen-bond acceptors (Lipinski definition) is 1. The Bertz CT molecular complexity index is 261. The van der Waals surface area contributed by atoms with Crippen molar-refractivity contribution in [2.75, 3.05) is 0 Å². The molecule has 0 heterocycles. The van der Waals surface area contributed by atoms with Gasteiger partial charge in [0, 0.05) is 6.42 Å². The zero-order valence-corrected chi connectivity index (χ0v) is 9.96. The van der Waals surface area contributed by atoms with Crippen molar-refractivity contribution in [2.24, 2.45) is 11.8 Å². The van der Waals surface area contributed by atoms with Gasteiger partial charge in [-0.3, -0.25) is 4.79 Å². The summed E-state index contributed by atoms with van der Waals surface area (Å²) in [5.74, 6) is 1.85. The van der Waals surface area contributed by atoms with Gasteiger partial charge in [-0.15, -0.1) is 6.58 Å². The molecular formula is C14H22O. The maximum Gasteiger partial charge on any atom is 0.158 e. The molecule has 0 spiro atoms. The SMILES string of the molecule is C=CCCC(=O)C1=CCC(C(C)C)CC1. The largest absolute Gasteiger partial charge is 0.295 e. The van der Waals surface area contributed by atoms with Crippen LogP contribution in [-0.4, -0.2) is 5.78 Å². The summed E-state index contributed by atoms with van der Waals surface area (Å²) in [6.45, 7) is 8.18. The van der Waals surface area contributed by atoms with Crippen molar-refractivity contribution in [1.82, 2.24) is 0 Å². The number of Topliss-reactive ketones (excluding diaryl/α,β-unsaturated/α-hetero) is 1. The molecule has 0 saturated heterocycles. The van der Waals surface area contributed by atoms with Crippen molar-refractivity contribution >= 4 is 5.78 Å². The molecule has 1 atom stereocenters. The first-order valence-corrected chi connectivity index (χ1v) is 5.98. The Balaban J connectivity index is 2.45. The molecule has 0 aromatic rings. The summed E-state index contributed by atoms with van der Waals surface area (Å²) in [6.07, 6.45) is 8.69. The molecule has 1 nitrogen and oxygen atoms in total. The molecule has 0 bridgehead atoms. The van der Waals surface area contributed by atoms with E-state index in [1.807, 2.05) is 6.08 Å². The van der Waals surface area contributed by atoms with Gasteiger partial charge in [-0.2, -0.15) is 0 Å². The highest BCUT2D eigenvalue weighted by atomic mass is 16.1. The molecule has 1 unspecified atom stereocenters. The average molecular weight is 206 g/mol. The van der Waals surface area contributed by atoms with Gasteiger partial charge in [0.05, 0.1) is 0 Å². The van der Waals surface area contributed by atoms with Crippen LogP contribution in [0.4, 0.5) is 0 Å². The van der Waals surface area contributed by atoms with Crippen LogP contribution >= 0.6 is 0 Å². The van der Waals surface area contributed by atoms with Crippen LogP contribution in [0.1, 0.15) is 46.0 Å². The lowest BCUT2D eigenvalue weighted by molar-refractivity contribution is -0.115. The van der Waals surface area contributed by atoms with E-state index in [1.54, 1.807) is 0 Å². The lowest BCUT2D eigenvalue weighted by Crippen LogP contribution is -2.15. The van der Waals surface area contributed by atoms with E-state index >= 15 is 0 Å². The van der Waals surface area contributed by atoms with Crippen molar-refractivity contribution in [2.45, 2.75) is 46.0 Å². The van der Waals surface area contributed by atoms with E-state index in [-0.39, 0.29) is 0 Å². The molecule has 0 amide bonds. The van der Waals surface area contributed by atoms with Crippen LogP contribution in [0.25, 0.3) is 0 Å². The second-order valence-corrected chi connectivity index (χ2v) is 4.76. The van der Waals surface area contributed by atoms with Crippen molar-refractivity contribution < 1.29 is 4.79 Å². The Labute approximate surface area is 93.3 Å². The second kappa shape index (κ2) is 5.89. The number of allylic oxidation sites excluding steroid dienone is 3. The summed E-state index contributed by atoms with van der Waals surface area (Å²) in [7, 11) is 0. The quantitative estimate of drug-likeness (QED) is 0.623. The zero-order chi connectivity index (χ0) is 11.3. The lowest BCUT2D eigenvalue weighted by Gasteiger charge is -2.24. The standard InChI is InChI=1S/C14H22O/c1-4-5-6-14(15)13-9-7-12(8-10-13)11(2)3/h4,9,11-12H,1,5-8,10H2,2-3H3.